The number of rotatable bonds is 7. The quantitative estimate of drug-likeness (QED) is 0.694. The molecule has 0 unspecified atom stereocenters. The number of amides is 1. The fourth-order valence-electron chi connectivity index (χ4n) is 1.66. The molecule has 0 bridgehead atoms. The summed E-state index contributed by atoms with van der Waals surface area (Å²) in [4.78, 5) is 13.6. The highest BCUT2D eigenvalue weighted by atomic mass is 32.2. The van der Waals surface area contributed by atoms with Crippen LogP contribution in [0.1, 0.15) is 25.8 Å². The van der Waals surface area contributed by atoms with Crippen LogP contribution in [0.25, 0.3) is 0 Å². The summed E-state index contributed by atoms with van der Waals surface area (Å²) in [5.41, 5.74) is 1.33. The van der Waals surface area contributed by atoms with Crippen LogP contribution in [0, 0.1) is 0 Å². The van der Waals surface area contributed by atoms with Gasteiger partial charge in [-0.15, -0.1) is 0 Å². The number of hydrogen-bond donors (Lipinski definition) is 0. The van der Waals surface area contributed by atoms with Crippen molar-refractivity contribution < 1.29 is 4.79 Å². The van der Waals surface area contributed by atoms with Crippen LogP contribution in [0.15, 0.2) is 30.3 Å². The Morgan fingerprint density at radius 3 is 2.41 bits per heavy atom. The molecule has 1 aromatic carbocycles. The predicted octanol–water partition coefficient (Wildman–Crippen LogP) is 3.18. The number of hydrogen-bond acceptors (Lipinski definition) is 2. The van der Waals surface area contributed by atoms with E-state index in [9.17, 15) is 4.79 Å². The van der Waals surface area contributed by atoms with Gasteiger partial charge < -0.3 is 4.90 Å². The zero-order valence-electron chi connectivity index (χ0n) is 10.7. The average Bonchev–Trinajstić information content (AvgIpc) is 2.37. The topological polar surface area (TPSA) is 20.3 Å². The van der Waals surface area contributed by atoms with E-state index in [-0.39, 0.29) is 5.91 Å². The molecule has 0 aromatic heterocycles. The molecule has 0 N–H and O–H groups in total. The molecule has 0 atom stereocenters. The lowest BCUT2D eigenvalue weighted by Gasteiger charge is -2.18. The van der Waals surface area contributed by atoms with Gasteiger partial charge in [0.05, 0.1) is 0 Å². The molecular weight excluding hydrogens is 230 g/mol. The van der Waals surface area contributed by atoms with Gasteiger partial charge in [0.1, 0.15) is 0 Å². The van der Waals surface area contributed by atoms with E-state index in [1.54, 1.807) is 0 Å². The van der Waals surface area contributed by atoms with Gasteiger partial charge in [0.15, 0.2) is 0 Å². The molecule has 1 amide bonds. The molecule has 0 spiro atoms. The smallest absolute Gasteiger partial charge is 0.223 e. The standard InChI is InChI=1S/C14H21NOS/c1-3-15(4-2)14(16)10-11-17-12-13-8-6-5-7-9-13/h5-9H,3-4,10-12H2,1-2H3. The van der Waals surface area contributed by atoms with E-state index in [0.717, 1.165) is 24.6 Å². The summed E-state index contributed by atoms with van der Waals surface area (Å²) in [5, 5.41) is 0. The Labute approximate surface area is 108 Å². The minimum absolute atomic E-state index is 0.274. The van der Waals surface area contributed by atoms with Gasteiger partial charge >= 0.3 is 0 Å². The molecule has 1 aromatic rings. The van der Waals surface area contributed by atoms with Crippen LogP contribution in [0.4, 0.5) is 0 Å². The molecule has 0 aliphatic carbocycles. The van der Waals surface area contributed by atoms with Crippen molar-refractivity contribution in [3.05, 3.63) is 35.9 Å². The van der Waals surface area contributed by atoms with Gasteiger partial charge in [0, 0.05) is 31.0 Å². The maximum absolute atomic E-state index is 11.7. The van der Waals surface area contributed by atoms with E-state index in [1.807, 2.05) is 36.6 Å². The first-order valence-electron chi connectivity index (χ1n) is 6.17. The van der Waals surface area contributed by atoms with E-state index in [4.69, 9.17) is 0 Å². The van der Waals surface area contributed by atoms with Crippen molar-refractivity contribution in [3.8, 4) is 0 Å². The predicted molar refractivity (Wildman–Crippen MR) is 75.1 cm³/mol. The molecule has 0 saturated heterocycles. The lowest BCUT2D eigenvalue weighted by atomic mass is 10.2. The first kappa shape index (κ1) is 14.1. The van der Waals surface area contributed by atoms with Crippen LogP contribution in [0.5, 0.6) is 0 Å². The third kappa shape index (κ3) is 5.26. The Balaban J connectivity index is 2.18. The molecular formula is C14H21NOS. The normalized spacial score (nSPS) is 10.2. The Morgan fingerprint density at radius 1 is 1.18 bits per heavy atom. The van der Waals surface area contributed by atoms with Crippen LogP contribution in [0.3, 0.4) is 0 Å². The molecule has 0 saturated carbocycles. The van der Waals surface area contributed by atoms with Gasteiger partial charge in [-0.3, -0.25) is 4.79 Å². The lowest BCUT2D eigenvalue weighted by Crippen LogP contribution is -2.30. The van der Waals surface area contributed by atoms with Gasteiger partial charge in [-0.1, -0.05) is 30.3 Å². The third-order valence-electron chi connectivity index (χ3n) is 2.69. The summed E-state index contributed by atoms with van der Waals surface area (Å²) >= 11 is 1.83. The highest BCUT2D eigenvalue weighted by Gasteiger charge is 2.08. The summed E-state index contributed by atoms with van der Waals surface area (Å²) in [5.74, 6) is 2.17. The van der Waals surface area contributed by atoms with Crippen LogP contribution in [-0.2, 0) is 10.5 Å². The maximum Gasteiger partial charge on any atom is 0.223 e. The SMILES string of the molecule is CCN(CC)C(=O)CCSCc1ccccc1. The van der Waals surface area contributed by atoms with E-state index < -0.39 is 0 Å². The fourth-order valence-corrected chi connectivity index (χ4v) is 2.55. The molecule has 17 heavy (non-hydrogen) atoms. The van der Waals surface area contributed by atoms with E-state index >= 15 is 0 Å². The number of thioether (sulfide) groups is 1. The van der Waals surface area contributed by atoms with Crippen LogP contribution < -0.4 is 0 Å². The molecule has 0 heterocycles. The minimum atomic E-state index is 0.274. The molecule has 2 nitrogen and oxygen atoms in total. The van der Waals surface area contributed by atoms with Crippen molar-refractivity contribution in [2.45, 2.75) is 26.0 Å². The lowest BCUT2D eigenvalue weighted by molar-refractivity contribution is -0.130. The molecule has 94 valence electrons. The van der Waals surface area contributed by atoms with Crippen molar-refractivity contribution in [2.75, 3.05) is 18.8 Å². The second-order valence-electron chi connectivity index (χ2n) is 3.85. The highest BCUT2D eigenvalue weighted by molar-refractivity contribution is 7.98. The van der Waals surface area contributed by atoms with Crippen molar-refractivity contribution in [3.63, 3.8) is 0 Å². The zero-order chi connectivity index (χ0) is 12.5. The van der Waals surface area contributed by atoms with E-state index in [0.29, 0.717) is 6.42 Å². The van der Waals surface area contributed by atoms with Gasteiger partial charge in [0.25, 0.3) is 0 Å². The molecule has 0 aliphatic rings. The first-order valence-corrected chi connectivity index (χ1v) is 7.32. The Hall–Kier alpha value is -0.960. The maximum atomic E-state index is 11.7. The Bertz CT molecular complexity index is 322. The van der Waals surface area contributed by atoms with E-state index in [2.05, 4.69) is 24.3 Å². The summed E-state index contributed by atoms with van der Waals surface area (Å²) in [6, 6.07) is 10.4. The van der Waals surface area contributed by atoms with Crippen molar-refractivity contribution >= 4 is 17.7 Å². The molecule has 0 radical (unpaired) electrons. The van der Waals surface area contributed by atoms with E-state index in [1.165, 1.54) is 5.56 Å². The van der Waals surface area contributed by atoms with Gasteiger partial charge in [0.2, 0.25) is 5.91 Å². The summed E-state index contributed by atoms with van der Waals surface area (Å²) in [6.07, 6.45) is 0.652. The first-order chi connectivity index (χ1) is 8.27. The van der Waals surface area contributed by atoms with Crippen molar-refractivity contribution in [2.24, 2.45) is 0 Å². The molecule has 0 fully saturated rings. The molecule has 0 aliphatic heterocycles. The third-order valence-corrected chi connectivity index (χ3v) is 3.72. The van der Waals surface area contributed by atoms with Gasteiger partial charge in [-0.05, 0) is 19.4 Å². The average molecular weight is 251 g/mol. The molecule has 3 heteroatoms. The summed E-state index contributed by atoms with van der Waals surface area (Å²) < 4.78 is 0. The zero-order valence-corrected chi connectivity index (χ0v) is 11.5. The van der Waals surface area contributed by atoms with Gasteiger partial charge in [-0.2, -0.15) is 11.8 Å². The van der Waals surface area contributed by atoms with Gasteiger partial charge in [-0.25, -0.2) is 0 Å². The summed E-state index contributed by atoms with van der Waals surface area (Å²) in [6.45, 7) is 5.69. The number of benzene rings is 1. The Kier molecular flexibility index (Phi) is 6.78. The largest absolute Gasteiger partial charge is 0.343 e. The Morgan fingerprint density at radius 2 is 1.82 bits per heavy atom. The van der Waals surface area contributed by atoms with Crippen LogP contribution >= 0.6 is 11.8 Å². The molecule has 1 rings (SSSR count). The monoisotopic (exact) mass is 251 g/mol. The number of carbonyl (C=O) groups excluding carboxylic acids is 1. The van der Waals surface area contributed by atoms with Crippen LogP contribution in [0.2, 0.25) is 0 Å². The van der Waals surface area contributed by atoms with Crippen molar-refractivity contribution in [1.82, 2.24) is 4.90 Å². The second kappa shape index (κ2) is 8.18. The minimum Gasteiger partial charge on any atom is -0.343 e. The number of nitrogens with zero attached hydrogens (tertiary/aromatic N) is 1. The van der Waals surface area contributed by atoms with Crippen molar-refractivity contribution in [1.29, 1.82) is 0 Å². The fraction of sp³-hybridized carbons (Fsp3) is 0.500. The highest BCUT2D eigenvalue weighted by Crippen LogP contribution is 2.13. The number of carbonyl (C=O) groups is 1. The second-order valence-corrected chi connectivity index (χ2v) is 4.96. The summed E-state index contributed by atoms with van der Waals surface area (Å²) in [7, 11) is 0. The van der Waals surface area contributed by atoms with Crippen LogP contribution in [-0.4, -0.2) is 29.6 Å².